The van der Waals surface area contributed by atoms with Crippen molar-refractivity contribution in [2.24, 2.45) is 5.92 Å². The van der Waals surface area contributed by atoms with Gasteiger partial charge in [0.2, 0.25) is 0 Å². The van der Waals surface area contributed by atoms with E-state index in [0.29, 0.717) is 12.0 Å². The van der Waals surface area contributed by atoms with Gasteiger partial charge in [-0.25, -0.2) is 0 Å². The Balaban J connectivity index is 2.25. The molecule has 0 saturated heterocycles. The molecule has 0 aliphatic heterocycles. The van der Waals surface area contributed by atoms with Crippen LogP contribution < -0.4 is 14.8 Å². The van der Waals surface area contributed by atoms with Crippen LogP contribution in [0.3, 0.4) is 0 Å². The normalized spacial score (nSPS) is 18.4. The van der Waals surface area contributed by atoms with Gasteiger partial charge in [0.1, 0.15) is 11.5 Å². The first kappa shape index (κ1) is 15.2. The Morgan fingerprint density at radius 2 is 1.50 bits per heavy atom. The second-order valence-electron chi connectivity index (χ2n) is 5.66. The fraction of sp³-hybridized carbons (Fsp3) is 0.647. The van der Waals surface area contributed by atoms with Crippen molar-refractivity contribution >= 4 is 0 Å². The summed E-state index contributed by atoms with van der Waals surface area (Å²) >= 11 is 0. The average molecular weight is 277 g/mol. The van der Waals surface area contributed by atoms with Gasteiger partial charge in [-0.1, -0.05) is 25.7 Å². The Hall–Kier alpha value is -1.22. The molecule has 1 aromatic rings. The molecule has 1 saturated carbocycles. The third-order valence-corrected chi connectivity index (χ3v) is 4.42. The minimum absolute atomic E-state index is 0.386. The standard InChI is InChI=1S/C17H27NO2/c1-18-17(13-8-6-4-5-7-9-13)14-10-15(19-2)12-16(11-14)20-3/h10-13,17-18H,4-9H2,1-3H3. The highest BCUT2D eigenvalue weighted by molar-refractivity contribution is 5.40. The maximum absolute atomic E-state index is 5.40. The molecular formula is C17H27NO2. The molecule has 1 aliphatic carbocycles. The van der Waals surface area contributed by atoms with Gasteiger partial charge in [0.15, 0.2) is 0 Å². The largest absolute Gasteiger partial charge is 0.497 e. The Bertz CT molecular complexity index is 389. The first-order valence-corrected chi connectivity index (χ1v) is 7.68. The molecule has 0 bridgehead atoms. The molecule has 3 nitrogen and oxygen atoms in total. The summed E-state index contributed by atoms with van der Waals surface area (Å²) in [6.07, 6.45) is 8.09. The summed E-state index contributed by atoms with van der Waals surface area (Å²) in [7, 11) is 5.47. The van der Waals surface area contributed by atoms with E-state index in [1.54, 1.807) is 14.2 Å². The molecule has 0 radical (unpaired) electrons. The van der Waals surface area contributed by atoms with E-state index < -0.39 is 0 Å². The zero-order valence-corrected chi connectivity index (χ0v) is 12.9. The molecule has 0 amide bonds. The minimum atomic E-state index is 0.386. The van der Waals surface area contributed by atoms with E-state index in [1.807, 2.05) is 6.07 Å². The Morgan fingerprint density at radius 1 is 0.950 bits per heavy atom. The molecule has 1 N–H and O–H groups in total. The summed E-state index contributed by atoms with van der Waals surface area (Å²) in [6, 6.07) is 6.59. The number of benzene rings is 1. The van der Waals surface area contributed by atoms with Gasteiger partial charge in [-0.3, -0.25) is 0 Å². The zero-order chi connectivity index (χ0) is 14.4. The SMILES string of the molecule is CNC(c1cc(OC)cc(OC)c1)C1CCCCCC1. The zero-order valence-electron chi connectivity index (χ0n) is 12.9. The fourth-order valence-corrected chi connectivity index (χ4v) is 3.33. The molecule has 1 unspecified atom stereocenters. The van der Waals surface area contributed by atoms with Crippen molar-refractivity contribution < 1.29 is 9.47 Å². The Labute approximate surface area is 122 Å². The monoisotopic (exact) mass is 277 g/mol. The maximum Gasteiger partial charge on any atom is 0.122 e. The quantitative estimate of drug-likeness (QED) is 0.827. The van der Waals surface area contributed by atoms with E-state index in [1.165, 1.54) is 44.1 Å². The van der Waals surface area contributed by atoms with Crippen LogP contribution in [0.15, 0.2) is 18.2 Å². The van der Waals surface area contributed by atoms with E-state index in [9.17, 15) is 0 Å². The minimum Gasteiger partial charge on any atom is -0.497 e. The van der Waals surface area contributed by atoms with Crippen LogP contribution in [0.2, 0.25) is 0 Å². The van der Waals surface area contributed by atoms with Crippen LogP contribution in [0.4, 0.5) is 0 Å². The Morgan fingerprint density at radius 3 is 1.95 bits per heavy atom. The van der Waals surface area contributed by atoms with Crippen LogP contribution in [0.5, 0.6) is 11.5 Å². The van der Waals surface area contributed by atoms with Gasteiger partial charge in [-0.2, -0.15) is 0 Å². The van der Waals surface area contributed by atoms with Crippen LogP contribution in [-0.2, 0) is 0 Å². The molecule has 0 aromatic heterocycles. The van der Waals surface area contributed by atoms with Gasteiger partial charge in [0.25, 0.3) is 0 Å². The molecule has 0 heterocycles. The fourth-order valence-electron chi connectivity index (χ4n) is 3.33. The van der Waals surface area contributed by atoms with E-state index >= 15 is 0 Å². The first-order chi connectivity index (χ1) is 9.78. The molecule has 112 valence electrons. The number of hydrogen-bond donors (Lipinski definition) is 1. The van der Waals surface area contributed by atoms with Crippen LogP contribution in [-0.4, -0.2) is 21.3 Å². The Kier molecular flexibility index (Phi) is 5.72. The van der Waals surface area contributed by atoms with Crippen LogP contribution in [0.25, 0.3) is 0 Å². The lowest BCUT2D eigenvalue weighted by Gasteiger charge is -2.27. The van der Waals surface area contributed by atoms with E-state index in [2.05, 4.69) is 24.5 Å². The number of methoxy groups -OCH3 is 2. The predicted molar refractivity (Wildman–Crippen MR) is 82.5 cm³/mol. The van der Waals surface area contributed by atoms with Crippen molar-refractivity contribution in [1.29, 1.82) is 0 Å². The van der Waals surface area contributed by atoms with Gasteiger partial charge in [0.05, 0.1) is 14.2 Å². The smallest absolute Gasteiger partial charge is 0.122 e. The van der Waals surface area contributed by atoms with Crippen LogP contribution in [0, 0.1) is 5.92 Å². The first-order valence-electron chi connectivity index (χ1n) is 7.68. The lowest BCUT2D eigenvalue weighted by atomic mass is 9.87. The van der Waals surface area contributed by atoms with Crippen molar-refractivity contribution in [3.8, 4) is 11.5 Å². The summed E-state index contributed by atoms with van der Waals surface area (Å²) in [5.74, 6) is 2.45. The van der Waals surface area contributed by atoms with E-state index in [0.717, 1.165) is 11.5 Å². The molecule has 1 aliphatic rings. The van der Waals surface area contributed by atoms with Gasteiger partial charge in [-0.15, -0.1) is 0 Å². The molecule has 0 spiro atoms. The molecule has 1 aromatic carbocycles. The van der Waals surface area contributed by atoms with Gasteiger partial charge in [0, 0.05) is 12.1 Å². The summed E-state index contributed by atoms with van der Waals surface area (Å²) < 4.78 is 10.8. The van der Waals surface area contributed by atoms with Crippen molar-refractivity contribution in [2.75, 3.05) is 21.3 Å². The molecule has 2 rings (SSSR count). The summed E-state index contributed by atoms with van der Waals surface area (Å²) in [5, 5.41) is 3.51. The third-order valence-electron chi connectivity index (χ3n) is 4.42. The summed E-state index contributed by atoms with van der Waals surface area (Å²) in [6.45, 7) is 0. The molecule has 3 heteroatoms. The van der Waals surface area contributed by atoms with Gasteiger partial charge >= 0.3 is 0 Å². The highest BCUT2D eigenvalue weighted by atomic mass is 16.5. The third kappa shape index (κ3) is 3.66. The number of nitrogens with one attached hydrogen (secondary N) is 1. The second kappa shape index (κ2) is 7.53. The van der Waals surface area contributed by atoms with Crippen LogP contribution >= 0.6 is 0 Å². The van der Waals surface area contributed by atoms with Crippen molar-refractivity contribution in [3.63, 3.8) is 0 Å². The highest BCUT2D eigenvalue weighted by Crippen LogP contribution is 2.36. The van der Waals surface area contributed by atoms with E-state index in [-0.39, 0.29) is 0 Å². The number of rotatable bonds is 5. The average Bonchev–Trinajstić information content (AvgIpc) is 2.77. The summed E-state index contributed by atoms with van der Waals surface area (Å²) in [4.78, 5) is 0. The van der Waals surface area contributed by atoms with Crippen molar-refractivity contribution in [1.82, 2.24) is 5.32 Å². The van der Waals surface area contributed by atoms with Crippen LogP contribution in [0.1, 0.15) is 50.1 Å². The molecule has 1 fully saturated rings. The van der Waals surface area contributed by atoms with Gasteiger partial charge in [-0.05, 0) is 43.5 Å². The lowest BCUT2D eigenvalue weighted by Crippen LogP contribution is -2.25. The summed E-state index contributed by atoms with van der Waals surface area (Å²) in [5.41, 5.74) is 1.27. The molecule has 1 atom stereocenters. The van der Waals surface area contributed by atoms with Crippen molar-refractivity contribution in [3.05, 3.63) is 23.8 Å². The lowest BCUT2D eigenvalue weighted by molar-refractivity contribution is 0.337. The van der Waals surface area contributed by atoms with Crippen molar-refractivity contribution in [2.45, 2.75) is 44.6 Å². The number of hydrogen-bond acceptors (Lipinski definition) is 3. The maximum atomic E-state index is 5.40. The molecule has 20 heavy (non-hydrogen) atoms. The van der Waals surface area contributed by atoms with E-state index in [4.69, 9.17) is 9.47 Å². The molecular weight excluding hydrogens is 250 g/mol. The predicted octanol–water partition coefficient (Wildman–Crippen LogP) is 3.93. The topological polar surface area (TPSA) is 30.5 Å². The number of ether oxygens (including phenoxy) is 2. The van der Waals surface area contributed by atoms with Gasteiger partial charge < -0.3 is 14.8 Å². The second-order valence-corrected chi connectivity index (χ2v) is 5.66. The highest BCUT2D eigenvalue weighted by Gasteiger charge is 2.23.